The minimum absolute atomic E-state index is 0.0396. The van der Waals surface area contributed by atoms with Crippen molar-refractivity contribution in [1.82, 2.24) is 9.80 Å². The number of likely N-dealkylation sites (N-methyl/N-ethyl adjacent to an activating group) is 1. The van der Waals surface area contributed by atoms with Crippen LogP contribution in [-0.4, -0.2) is 70.7 Å². The number of hydrogen-bond acceptors (Lipinski definition) is 4. The van der Waals surface area contributed by atoms with E-state index in [1.165, 1.54) is 6.42 Å². The van der Waals surface area contributed by atoms with E-state index < -0.39 is 29.5 Å². The highest BCUT2D eigenvalue weighted by molar-refractivity contribution is 5.90. The third-order valence-corrected chi connectivity index (χ3v) is 5.80. The molecule has 6 heteroatoms. The van der Waals surface area contributed by atoms with E-state index >= 15 is 0 Å². The molecule has 4 aliphatic heterocycles. The summed E-state index contributed by atoms with van der Waals surface area (Å²) in [6.07, 6.45) is 5.58. The highest BCUT2D eigenvalue weighted by Gasteiger charge is 2.67. The van der Waals surface area contributed by atoms with Gasteiger partial charge in [0.15, 0.2) is 0 Å². The van der Waals surface area contributed by atoms with E-state index in [1.807, 2.05) is 17.1 Å². The molecule has 4 rings (SSSR count). The van der Waals surface area contributed by atoms with E-state index in [1.54, 1.807) is 0 Å². The van der Waals surface area contributed by atoms with Gasteiger partial charge in [-0.15, -0.1) is 0 Å². The lowest BCUT2D eigenvalue weighted by Gasteiger charge is -2.29. The molecule has 0 aromatic rings. The molecule has 5 unspecified atom stereocenters. The molecule has 5 atom stereocenters. The first-order valence-corrected chi connectivity index (χ1v) is 8.18. The van der Waals surface area contributed by atoms with Gasteiger partial charge in [-0.3, -0.25) is 14.5 Å². The van der Waals surface area contributed by atoms with Crippen LogP contribution in [0.1, 0.15) is 19.8 Å². The third-order valence-electron chi connectivity index (χ3n) is 5.80. The van der Waals surface area contributed by atoms with Crippen LogP contribution in [0.3, 0.4) is 0 Å². The zero-order valence-electron chi connectivity index (χ0n) is 12.8. The van der Waals surface area contributed by atoms with Gasteiger partial charge in [0.1, 0.15) is 11.5 Å². The zero-order chi connectivity index (χ0) is 15.5. The van der Waals surface area contributed by atoms with Crippen molar-refractivity contribution in [3.05, 3.63) is 12.2 Å². The lowest BCUT2D eigenvalue weighted by Crippen LogP contribution is -2.43. The fourth-order valence-electron chi connectivity index (χ4n) is 4.79. The van der Waals surface area contributed by atoms with Crippen LogP contribution in [0.5, 0.6) is 0 Å². The van der Waals surface area contributed by atoms with Crippen LogP contribution in [0, 0.1) is 11.8 Å². The minimum atomic E-state index is -0.924. The molecule has 4 heterocycles. The van der Waals surface area contributed by atoms with Gasteiger partial charge in [0.2, 0.25) is 5.91 Å². The average Bonchev–Trinajstić information content (AvgIpc) is 3.21. The summed E-state index contributed by atoms with van der Waals surface area (Å²) < 4.78 is 5.91. The number of fused-ring (bicyclic) bond motifs is 1. The molecule has 1 amide bonds. The Morgan fingerprint density at radius 3 is 3.09 bits per heavy atom. The second-order valence-corrected chi connectivity index (χ2v) is 6.88. The second kappa shape index (κ2) is 4.80. The Labute approximate surface area is 129 Å². The Morgan fingerprint density at radius 1 is 1.55 bits per heavy atom. The number of ether oxygens (including phenoxy) is 1. The van der Waals surface area contributed by atoms with Crippen molar-refractivity contribution in [3.63, 3.8) is 0 Å². The van der Waals surface area contributed by atoms with Gasteiger partial charge in [-0.2, -0.15) is 0 Å². The number of rotatable bonds is 4. The van der Waals surface area contributed by atoms with Crippen LogP contribution >= 0.6 is 0 Å². The monoisotopic (exact) mass is 306 g/mol. The van der Waals surface area contributed by atoms with Crippen molar-refractivity contribution in [2.75, 3.05) is 26.2 Å². The predicted molar refractivity (Wildman–Crippen MR) is 78.2 cm³/mol. The van der Waals surface area contributed by atoms with Crippen LogP contribution in [0.4, 0.5) is 0 Å². The summed E-state index contributed by atoms with van der Waals surface area (Å²) in [6, 6.07) is 0.397. The molecule has 1 spiro atoms. The van der Waals surface area contributed by atoms with Crippen molar-refractivity contribution in [2.24, 2.45) is 11.8 Å². The maximum Gasteiger partial charge on any atom is 0.310 e. The molecule has 0 aromatic heterocycles. The third kappa shape index (κ3) is 1.80. The molecule has 1 N–H and O–H groups in total. The molecule has 2 bridgehead atoms. The largest absolute Gasteiger partial charge is 0.481 e. The molecule has 0 aliphatic carbocycles. The van der Waals surface area contributed by atoms with Crippen molar-refractivity contribution in [1.29, 1.82) is 0 Å². The Balaban J connectivity index is 1.55. The summed E-state index contributed by atoms with van der Waals surface area (Å²) in [5, 5.41) is 9.45. The Kier molecular flexibility index (Phi) is 3.10. The highest BCUT2D eigenvalue weighted by atomic mass is 16.5. The summed E-state index contributed by atoms with van der Waals surface area (Å²) in [7, 11) is 0. The Hall–Kier alpha value is -1.40. The number of likely N-dealkylation sites (tertiary alicyclic amines) is 2. The first kappa shape index (κ1) is 14.2. The summed E-state index contributed by atoms with van der Waals surface area (Å²) >= 11 is 0. The number of aliphatic carboxylic acids is 1. The van der Waals surface area contributed by atoms with Crippen molar-refractivity contribution >= 4 is 11.9 Å². The Morgan fingerprint density at radius 2 is 2.36 bits per heavy atom. The standard InChI is InChI=1S/C16H22N2O4/c1-2-17-7-3-4-10(17)8-18-9-16-6-5-11(22-16)12(15(20)21)13(16)14(18)19/h5-6,10-13H,2-4,7-9H2,1H3,(H,20,21). The quantitative estimate of drug-likeness (QED) is 0.758. The van der Waals surface area contributed by atoms with Crippen LogP contribution in [-0.2, 0) is 14.3 Å². The van der Waals surface area contributed by atoms with Crippen molar-refractivity contribution in [2.45, 2.75) is 37.5 Å². The van der Waals surface area contributed by atoms with Gasteiger partial charge in [-0.1, -0.05) is 19.1 Å². The molecule has 3 fully saturated rings. The van der Waals surface area contributed by atoms with Gasteiger partial charge >= 0.3 is 5.97 Å². The number of hydrogen-bond donors (Lipinski definition) is 1. The maximum absolute atomic E-state index is 12.8. The molecule has 120 valence electrons. The lowest BCUT2D eigenvalue weighted by atomic mass is 9.77. The fraction of sp³-hybridized carbons (Fsp3) is 0.750. The number of carbonyl (C=O) groups excluding carboxylic acids is 1. The fourth-order valence-corrected chi connectivity index (χ4v) is 4.79. The summed E-state index contributed by atoms with van der Waals surface area (Å²) in [5.41, 5.74) is -0.694. The highest BCUT2D eigenvalue weighted by Crippen LogP contribution is 2.51. The molecule has 0 aromatic carbocycles. The number of amides is 1. The van der Waals surface area contributed by atoms with E-state index in [9.17, 15) is 14.7 Å². The first-order chi connectivity index (χ1) is 10.6. The van der Waals surface area contributed by atoms with Gasteiger partial charge in [-0.05, 0) is 25.9 Å². The number of nitrogens with zero attached hydrogens (tertiary/aromatic N) is 2. The second-order valence-electron chi connectivity index (χ2n) is 6.88. The van der Waals surface area contributed by atoms with E-state index in [-0.39, 0.29) is 5.91 Å². The van der Waals surface area contributed by atoms with E-state index in [2.05, 4.69) is 11.8 Å². The molecular formula is C16H22N2O4. The summed E-state index contributed by atoms with van der Waals surface area (Å²) in [5.74, 6) is -2.24. The van der Waals surface area contributed by atoms with Gasteiger partial charge in [0, 0.05) is 12.6 Å². The topological polar surface area (TPSA) is 70.1 Å². The van der Waals surface area contributed by atoms with Crippen LogP contribution in [0.15, 0.2) is 12.2 Å². The summed E-state index contributed by atoms with van der Waals surface area (Å²) in [6.45, 7) is 5.43. The van der Waals surface area contributed by atoms with E-state index in [0.717, 1.165) is 19.5 Å². The maximum atomic E-state index is 12.8. The van der Waals surface area contributed by atoms with Gasteiger partial charge in [0.05, 0.1) is 18.6 Å². The van der Waals surface area contributed by atoms with Crippen molar-refractivity contribution < 1.29 is 19.4 Å². The first-order valence-electron chi connectivity index (χ1n) is 8.18. The molecular weight excluding hydrogens is 284 g/mol. The smallest absolute Gasteiger partial charge is 0.310 e. The predicted octanol–water partition coefficient (Wildman–Crippen LogP) is 0.337. The molecule has 22 heavy (non-hydrogen) atoms. The lowest BCUT2D eigenvalue weighted by molar-refractivity contribution is -0.148. The van der Waals surface area contributed by atoms with Crippen LogP contribution in [0.25, 0.3) is 0 Å². The van der Waals surface area contributed by atoms with Crippen LogP contribution in [0.2, 0.25) is 0 Å². The zero-order valence-corrected chi connectivity index (χ0v) is 12.8. The van der Waals surface area contributed by atoms with E-state index in [0.29, 0.717) is 19.1 Å². The molecule has 3 saturated heterocycles. The van der Waals surface area contributed by atoms with Crippen molar-refractivity contribution in [3.8, 4) is 0 Å². The van der Waals surface area contributed by atoms with Gasteiger partial charge in [0.25, 0.3) is 0 Å². The van der Waals surface area contributed by atoms with Gasteiger partial charge in [-0.25, -0.2) is 0 Å². The molecule has 4 aliphatic rings. The number of carbonyl (C=O) groups is 2. The minimum Gasteiger partial charge on any atom is -0.481 e. The Bertz CT molecular complexity index is 548. The molecule has 6 nitrogen and oxygen atoms in total. The normalized spacial score (nSPS) is 43.3. The van der Waals surface area contributed by atoms with E-state index in [4.69, 9.17) is 4.74 Å². The number of carboxylic acid groups (broad SMARTS) is 1. The average molecular weight is 306 g/mol. The van der Waals surface area contributed by atoms with Gasteiger partial charge < -0.3 is 14.7 Å². The van der Waals surface area contributed by atoms with Crippen LogP contribution < -0.4 is 0 Å². The molecule has 0 radical (unpaired) electrons. The number of carboxylic acids is 1. The summed E-state index contributed by atoms with van der Waals surface area (Å²) in [4.78, 5) is 28.6. The SMILES string of the molecule is CCN1CCCC1CN1CC23C=CC(O2)C(C(=O)O)C3C1=O. The molecule has 0 saturated carbocycles.